The molecular formula is C8H5ClF3NO3. The number of nitrogens with zero attached hydrogens (tertiary/aromatic N) is 1. The molecule has 0 atom stereocenters. The first kappa shape index (κ1) is 12.6. The van der Waals surface area contributed by atoms with E-state index < -0.39 is 24.4 Å². The quantitative estimate of drug-likeness (QED) is 0.901. The first-order chi connectivity index (χ1) is 7.29. The second-order valence-corrected chi connectivity index (χ2v) is 3.12. The summed E-state index contributed by atoms with van der Waals surface area (Å²) in [5, 5.41) is 8.36. The molecule has 0 bridgehead atoms. The fourth-order valence-electron chi connectivity index (χ4n) is 0.807. The Morgan fingerprint density at radius 1 is 1.56 bits per heavy atom. The van der Waals surface area contributed by atoms with Gasteiger partial charge in [-0.15, -0.1) is 0 Å². The molecule has 0 radical (unpaired) electrons. The number of carboxylic acid groups (broad SMARTS) is 1. The number of ether oxygens (including phenoxy) is 1. The van der Waals surface area contributed by atoms with Crippen molar-refractivity contribution >= 4 is 17.6 Å². The monoisotopic (exact) mass is 255 g/mol. The van der Waals surface area contributed by atoms with Gasteiger partial charge in [0, 0.05) is 6.07 Å². The Hall–Kier alpha value is -1.50. The van der Waals surface area contributed by atoms with Crippen LogP contribution in [0.1, 0.15) is 10.5 Å². The summed E-state index contributed by atoms with van der Waals surface area (Å²) >= 11 is 5.48. The minimum atomic E-state index is -4.52. The van der Waals surface area contributed by atoms with Gasteiger partial charge in [0.2, 0.25) is 0 Å². The van der Waals surface area contributed by atoms with Crippen molar-refractivity contribution < 1.29 is 27.8 Å². The predicted molar refractivity (Wildman–Crippen MR) is 47.8 cm³/mol. The molecule has 0 aliphatic carbocycles. The number of rotatable bonds is 3. The second kappa shape index (κ2) is 4.56. The van der Waals surface area contributed by atoms with Crippen LogP contribution in [-0.2, 0) is 0 Å². The first-order valence-electron chi connectivity index (χ1n) is 3.88. The average Bonchev–Trinajstić information content (AvgIpc) is 2.14. The fourth-order valence-corrected chi connectivity index (χ4v) is 0.965. The summed E-state index contributed by atoms with van der Waals surface area (Å²) in [6.45, 7) is -1.55. The Balaban J connectivity index is 2.86. The van der Waals surface area contributed by atoms with E-state index in [1.54, 1.807) is 0 Å². The molecule has 0 aliphatic heterocycles. The lowest BCUT2D eigenvalue weighted by molar-refractivity contribution is -0.153. The molecule has 1 N–H and O–H groups in total. The SMILES string of the molecule is O=C(O)c1cc(OCC(F)(F)F)c(Cl)cn1. The van der Waals surface area contributed by atoms with Gasteiger partial charge < -0.3 is 9.84 Å². The van der Waals surface area contributed by atoms with Gasteiger partial charge in [-0.1, -0.05) is 11.6 Å². The highest BCUT2D eigenvalue weighted by Crippen LogP contribution is 2.26. The molecule has 0 saturated carbocycles. The number of hydrogen-bond donors (Lipinski definition) is 1. The zero-order valence-corrected chi connectivity index (χ0v) is 8.34. The van der Waals surface area contributed by atoms with E-state index in [9.17, 15) is 18.0 Å². The van der Waals surface area contributed by atoms with Gasteiger partial charge in [0.1, 0.15) is 10.8 Å². The number of pyridine rings is 1. The van der Waals surface area contributed by atoms with Crippen LogP contribution < -0.4 is 4.74 Å². The maximum Gasteiger partial charge on any atom is 0.422 e. The van der Waals surface area contributed by atoms with Gasteiger partial charge in [-0.2, -0.15) is 13.2 Å². The number of carboxylic acids is 1. The molecule has 8 heteroatoms. The maximum absolute atomic E-state index is 11.8. The van der Waals surface area contributed by atoms with Crippen LogP contribution in [0.3, 0.4) is 0 Å². The zero-order valence-electron chi connectivity index (χ0n) is 7.58. The van der Waals surface area contributed by atoms with Crippen molar-refractivity contribution in [3.63, 3.8) is 0 Å². The Bertz CT molecular complexity index is 408. The molecule has 0 aromatic carbocycles. The molecular weight excluding hydrogens is 251 g/mol. The third-order valence-electron chi connectivity index (χ3n) is 1.43. The third kappa shape index (κ3) is 3.58. The third-order valence-corrected chi connectivity index (χ3v) is 1.71. The van der Waals surface area contributed by atoms with E-state index >= 15 is 0 Å². The summed E-state index contributed by atoms with van der Waals surface area (Å²) in [5.74, 6) is -1.75. The van der Waals surface area contributed by atoms with Crippen LogP contribution in [0.25, 0.3) is 0 Å². The number of halogens is 4. The van der Waals surface area contributed by atoms with Crippen molar-refractivity contribution in [2.45, 2.75) is 6.18 Å². The molecule has 16 heavy (non-hydrogen) atoms. The number of aromatic carboxylic acids is 1. The Labute approximate surface area is 92.6 Å². The van der Waals surface area contributed by atoms with Crippen LogP contribution >= 0.6 is 11.6 Å². The Kier molecular flexibility index (Phi) is 3.58. The zero-order chi connectivity index (χ0) is 12.3. The minimum absolute atomic E-state index is 0.186. The van der Waals surface area contributed by atoms with Gasteiger partial charge >= 0.3 is 12.1 Å². The van der Waals surface area contributed by atoms with Crippen LogP contribution in [0, 0.1) is 0 Å². The molecule has 0 aliphatic rings. The predicted octanol–water partition coefficient (Wildman–Crippen LogP) is 2.37. The topological polar surface area (TPSA) is 59.4 Å². The molecule has 1 rings (SSSR count). The van der Waals surface area contributed by atoms with E-state index in [1.165, 1.54) is 0 Å². The lowest BCUT2D eigenvalue weighted by Crippen LogP contribution is -2.19. The van der Waals surface area contributed by atoms with Crippen molar-refractivity contribution in [1.82, 2.24) is 4.98 Å². The number of aromatic nitrogens is 1. The molecule has 1 aromatic rings. The molecule has 1 aromatic heterocycles. The molecule has 1 heterocycles. The van der Waals surface area contributed by atoms with Gasteiger partial charge in [-0.05, 0) is 0 Å². The summed E-state index contributed by atoms with van der Waals surface area (Å²) in [5.41, 5.74) is -0.443. The summed E-state index contributed by atoms with van der Waals surface area (Å²) in [6.07, 6.45) is -3.60. The molecule has 88 valence electrons. The lowest BCUT2D eigenvalue weighted by Gasteiger charge is -2.10. The van der Waals surface area contributed by atoms with Crippen LogP contribution in [0.15, 0.2) is 12.3 Å². The van der Waals surface area contributed by atoms with Gasteiger partial charge in [0.05, 0.1) is 6.20 Å². The van der Waals surface area contributed by atoms with Crippen molar-refractivity contribution in [1.29, 1.82) is 0 Å². The highest BCUT2D eigenvalue weighted by molar-refractivity contribution is 6.32. The van der Waals surface area contributed by atoms with Gasteiger partial charge in [0.25, 0.3) is 0 Å². The highest BCUT2D eigenvalue weighted by Gasteiger charge is 2.29. The standard InChI is InChI=1S/C8H5ClF3NO3/c9-4-2-13-5(7(14)15)1-6(4)16-3-8(10,11)12/h1-2H,3H2,(H,14,15). The Morgan fingerprint density at radius 3 is 2.69 bits per heavy atom. The number of alkyl halides is 3. The van der Waals surface area contributed by atoms with E-state index in [4.69, 9.17) is 16.7 Å². The molecule has 0 amide bonds. The smallest absolute Gasteiger partial charge is 0.422 e. The molecule has 0 saturated heterocycles. The van der Waals surface area contributed by atoms with Crippen molar-refractivity contribution in [2.24, 2.45) is 0 Å². The van der Waals surface area contributed by atoms with Crippen LogP contribution in [0.4, 0.5) is 13.2 Å². The largest absolute Gasteiger partial charge is 0.482 e. The second-order valence-electron chi connectivity index (χ2n) is 2.71. The first-order valence-corrected chi connectivity index (χ1v) is 4.26. The fraction of sp³-hybridized carbons (Fsp3) is 0.250. The van der Waals surface area contributed by atoms with E-state index in [0.29, 0.717) is 0 Å². The van der Waals surface area contributed by atoms with Crippen LogP contribution in [0.2, 0.25) is 5.02 Å². The molecule has 4 nitrogen and oxygen atoms in total. The summed E-state index contributed by atoms with van der Waals surface area (Å²) < 4.78 is 39.8. The Morgan fingerprint density at radius 2 is 2.19 bits per heavy atom. The lowest BCUT2D eigenvalue weighted by atomic mass is 10.3. The van der Waals surface area contributed by atoms with Gasteiger partial charge in [-0.3, -0.25) is 0 Å². The summed E-state index contributed by atoms with van der Waals surface area (Å²) in [6, 6.07) is 0.830. The van der Waals surface area contributed by atoms with E-state index in [-0.39, 0.29) is 10.8 Å². The van der Waals surface area contributed by atoms with Crippen molar-refractivity contribution in [2.75, 3.05) is 6.61 Å². The summed E-state index contributed by atoms with van der Waals surface area (Å²) in [7, 11) is 0. The van der Waals surface area contributed by atoms with E-state index in [2.05, 4.69) is 9.72 Å². The van der Waals surface area contributed by atoms with E-state index in [0.717, 1.165) is 12.3 Å². The minimum Gasteiger partial charge on any atom is -0.482 e. The van der Waals surface area contributed by atoms with Crippen LogP contribution in [-0.4, -0.2) is 28.8 Å². The van der Waals surface area contributed by atoms with Gasteiger partial charge in [0.15, 0.2) is 12.3 Å². The molecule has 0 spiro atoms. The molecule has 0 unspecified atom stereocenters. The average molecular weight is 256 g/mol. The number of hydrogen-bond acceptors (Lipinski definition) is 3. The van der Waals surface area contributed by atoms with Gasteiger partial charge in [-0.25, -0.2) is 9.78 Å². The van der Waals surface area contributed by atoms with Crippen LogP contribution in [0.5, 0.6) is 5.75 Å². The maximum atomic E-state index is 11.8. The van der Waals surface area contributed by atoms with E-state index in [1.807, 2.05) is 0 Å². The van der Waals surface area contributed by atoms with Crippen molar-refractivity contribution in [3.8, 4) is 5.75 Å². The molecule has 0 fully saturated rings. The normalized spacial score (nSPS) is 11.2. The number of carbonyl (C=O) groups is 1. The highest BCUT2D eigenvalue weighted by atomic mass is 35.5. The van der Waals surface area contributed by atoms with Crippen molar-refractivity contribution in [3.05, 3.63) is 23.0 Å². The summed E-state index contributed by atoms with van der Waals surface area (Å²) in [4.78, 5) is 13.9.